The van der Waals surface area contributed by atoms with Gasteiger partial charge in [0.25, 0.3) is 5.91 Å². The first-order chi connectivity index (χ1) is 13.1. The SMILES string of the molecule is C#CCn1c(=NC(=O)c2cccc(OC)c2OC)sc2cc(OC)ccc21. The van der Waals surface area contributed by atoms with E-state index in [9.17, 15) is 4.79 Å². The number of terminal acetylenes is 1. The van der Waals surface area contributed by atoms with E-state index >= 15 is 0 Å². The van der Waals surface area contributed by atoms with Gasteiger partial charge in [0.05, 0.1) is 43.7 Å². The molecule has 6 nitrogen and oxygen atoms in total. The number of carbonyl (C=O) groups is 1. The van der Waals surface area contributed by atoms with Crippen LogP contribution in [0, 0.1) is 12.3 Å². The molecule has 0 unspecified atom stereocenters. The van der Waals surface area contributed by atoms with Crippen molar-refractivity contribution in [2.45, 2.75) is 6.54 Å². The second kappa shape index (κ2) is 7.98. The number of carbonyl (C=O) groups excluding carboxylic acids is 1. The summed E-state index contributed by atoms with van der Waals surface area (Å²) in [6.07, 6.45) is 5.51. The molecule has 3 rings (SSSR count). The van der Waals surface area contributed by atoms with Crippen molar-refractivity contribution < 1.29 is 19.0 Å². The first-order valence-corrected chi connectivity index (χ1v) is 8.85. The Morgan fingerprint density at radius 1 is 1.19 bits per heavy atom. The highest BCUT2D eigenvalue weighted by atomic mass is 32.1. The van der Waals surface area contributed by atoms with Gasteiger partial charge in [-0.2, -0.15) is 4.99 Å². The summed E-state index contributed by atoms with van der Waals surface area (Å²) < 4.78 is 18.6. The van der Waals surface area contributed by atoms with Gasteiger partial charge in [-0.3, -0.25) is 4.79 Å². The van der Waals surface area contributed by atoms with E-state index in [1.807, 2.05) is 22.8 Å². The van der Waals surface area contributed by atoms with Gasteiger partial charge in [0, 0.05) is 0 Å². The van der Waals surface area contributed by atoms with Crippen LogP contribution in [0.3, 0.4) is 0 Å². The van der Waals surface area contributed by atoms with Crippen molar-refractivity contribution in [2.24, 2.45) is 4.99 Å². The Morgan fingerprint density at radius 2 is 2.00 bits per heavy atom. The van der Waals surface area contributed by atoms with Gasteiger partial charge in [-0.1, -0.05) is 23.3 Å². The number of benzene rings is 2. The molecule has 7 heteroatoms. The minimum Gasteiger partial charge on any atom is -0.497 e. The van der Waals surface area contributed by atoms with Crippen LogP contribution in [-0.2, 0) is 6.54 Å². The molecule has 0 fully saturated rings. The van der Waals surface area contributed by atoms with Gasteiger partial charge in [0.1, 0.15) is 5.75 Å². The number of amides is 1. The first kappa shape index (κ1) is 18.5. The Labute approximate surface area is 160 Å². The zero-order valence-electron chi connectivity index (χ0n) is 15.2. The Balaban J connectivity index is 2.17. The van der Waals surface area contributed by atoms with Crippen LogP contribution in [0.4, 0.5) is 0 Å². The topological polar surface area (TPSA) is 62.1 Å². The molecule has 0 aliphatic carbocycles. The van der Waals surface area contributed by atoms with Crippen molar-refractivity contribution in [2.75, 3.05) is 21.3 Å². The fraction of sp³-hybridized carbons (Fsp3) is 0.200. The molecule has 0 radical (unpaired) electrons. The Kier molecular flexibility index (Phi) is 5.48. The highest BCUT2D eigenvalue weighted by Gasteiger charge is 2.17. The Bertz CT molecular complexity index is 1110. The lowest BCUT2D eigenvalue weighted by molar-refractivity contribution is 0.0994. The zero-order chi connectivity index (χ0) is 19.4. The van der Waals surface area contributed by atoms with Gasteiger partial charge >= 0.3 is 0 Å². The van der Waals surface area contributed by atoms with E-state index in [1.54, 1.807) is 25.3 Å². The summed E-state index contributed by atoms with van der Waals surface area (Å²) in [6.45, 7) is 0.299. The van der Waals surface area contributed by atoms with Crippen LogP contribution in [0.2, 0.25) is 0 Å². The smallest absolute Gasteiger partial charge is 0.283 e. The lowest BCUT2D eigenvalue weighted by Crippen LogP contribution is -2.16. The van der Waals surface area contributed by atoms with Gasteiger partial charge in [-0.15, -0.1) is 6.42 Å². The van der Waals surface area contributed by atoms with Crippen LogP contribution in [0.15, 0.2) is 41.4 Å². The largest absolute Gasteiger partial charge is 0.497 e. The second-order valence-electron chi connectivity index (χ2n) is 5.47. The van der Waals surface area contributed by atoms with E-state index in [4.69, 9.17) is 20.6 Å². The first-order valence-electron chi connectivity index (χ1n) is 8.03. The number of nitrogens with zero attached hydrogens (tertiary/aromatic N) is 2. The molecular weight excluding hydrogens is 364 g/mol. The molecule has 1 aromatic heterocycles. The number of methoxy groups -OCH3 is 3. The minimum absolute atomic E-state index is 0.299. The average molecular weight is 382 g/mol. The fourth-order valence-electron chi connectivity index (χ4n) is 2.71. The highest BCUT2D eigenvalue weighted by Crippen LogP contribution is 2.31. The molecule has 1 heterocycles. The van der Waals surface area contributed by atoms with Crippen molar-refractivity contribution in [1.82, 2.24) is 4.57 Å². The number of rotatable bonds is 5. The number of para-hydroxylation sites is 1. The Hall–Kier alpha value is -3.24. The van der Waals surface area contributed by atoms with Crippen LogP contribution >= 0.6 is 11.3 Å². The van der Waals surface area contributed by atoms with Crippen LogP contribution in [0.5, 0.6) is 17.2 Å². The molecule has 0 bridgehead atoms. The average Bonchev–Trinajstić information content (AvgIpc) is 3.03. The molecule has 0 atom stereocenters. The van der Waals surface area contributed by atoms with Crippen LogP contribution in [-0.4, -0.2) is 31.8 Å². The summed E-state index contributed by atoms with van der Waals surface area (Å²) in [7, 11) is 4.61. The summed E-state index contributed by atoms with van der Waals surface area (Å²) >= 11 is 1.37. The van der Waals surface area contributed by atoms with Crippen LogP contribution in [0.25, 0.3) is 10.2 Å². The predicted molar refractivity (Wildman–Crippen MR) is 105 cm³/mol. The summed E-state index contributed by atoms with van der Waals surface area (Å²) in [5.74, 6) is 3.71. The van der Waals surface area contributed by atoms with Crippen molar-refractivity contribution in [1.29, 1.82) is 0 Å². The zero-order valence-corrected chi connectivity index (χ0v) is 16.0. The monoisotopic (exact) mass is 382 g/mol. The molecule has 0 spiro atoms. The Morgan fingerprint density at radius 3 is 2.67 bits per heavy atom. The maximum absolute atomic E-state index is 12.8. The summed E-state index contributed by atoms with van der Waals surface area (Å²) in [5, 5.41) is 0. The molecule has 3 aromatic rings. The molecule has 0 aliphatic heterocycles. The number of fused-ring (bicyclic) bond motifs is 1. The number of aromatic nitrogens is 1. The highest BCUT2D eigenvalue weighted by molar-refractivity contribution is 7.16. The lowest BCUT2D eigenvalue weighted by atomic mass is 10.2. The molecule has 0 aliphatic rings. The predicted octanol–water partition coefficient (Wildman–Crippen LogP) is 3.10. The summed E-state index contributed by atoms with van der Waals surface area (Å²) in [5.41, 5.74) is 1.21. The molecule has 2 aromatic carbocycles. The third-order valence-electron chi connectivity index (χ3n) is 3.97. The number of ether oxygens (including phenoxy) is 3. The van der Waals surface area contributed by atoms with E-state index in [2.05, 4.69) is 10.9 Å². The van der Waals surface area contributed by atoms with E-state index in [0.717, 1.165) is 16.0 Å². The van der Waals surface area contributed by atoms with Gasteiger partial charge in [-0.05, 0) is 30.3 Å². The van der Waals surface area contributed by atoms with Gasteiger partial charge in [0.15, 0.2) is 16.3 Å². The number of hydrogen-bond donors (Lipinski definition) is 0. The molecule has 0 saturated heterocycles. The molecule has 27 heavy (non-hydrogen) atoms. The van der Waals surface area contributed by atoms with E-state index < -0.39 is 5.91 Å². The van der Waals surface area contributed by atoms with Gasteiger partial charge < -0.3 is 18.8 Å². The van der Waals surface area contributed by atoms with Crippen LogP contribution < -0.4 is 19.0 Å². The lowest BCUT2D eigenvalue weighted by Gasteiger charge is -2.09. The third-order valence-corrected chi connectivity index (χ3v) is 5.01. The normalized spacial score (nSPS) is 11.3. The maximum atomic E-state index is 12.8. The molecule has 0 N–H and O–H groups in total. The van der Waals surface area contributed by atoms with Crippen LogP contribution in [0.1, 0.15) is 10.4 Å². The quantitative estimate of drug-likeness (QED) is 0.636. The molecule has 138 valence electrons. The fourth-order valence-corrected chi connectivity index (χ4v) is 3.77. The minimum atomic E-state index is -0.435. The van der Waals surface area contributed by atoms with E-state index in [-0.39, 0.29) is 0 Å². The van der Waals surface area contributed by atoms with E-state index in [0.29, 0.717) is 28.4 Å². The van der Waals surface area contributed by atoms with Gasteiger partial charge in [-0.25, -0.2) is 0 Å². The molecule has 1 amide bonds. The van der Waals surface area contributed by atoms with Crippen molar-refractivity contribution in [3.8, 4) is 29.6 Å². The maximum Gasteiger partial charge on any atom is 0.283 e. The molecular formula is C20H18N2O4S. The van der Waals surface area contributed by atoms with E-state index in [1.165, 1.54) is 25.6 Å². The third kappa shape index (κ3) is 3.52. The molecule has 0 saturated carbocycles. The second-order valence-corrected chi connectivity index (χ2v) is 6.48. The van der Waals surface area contributed by atoms with Crippen molar-refractivity contribution in [3.05, 3.63) is 46.8 Å². The summed E-state index contributed by atoms with van der Waals surface area (Å²) in [4.78, 5) is 17.6. The standard InChI is InChI=1S/C20H18N2O4S/c1-5-11-22-15-10-9-13(24-2)12-17(15)27-20(22)21-19(23)14-7-6-8-16(25-3)18(14)26-4/h1,6-10,12H,11H2,2-4H3. The number of hydrogen-bond acceptors (Lipinski definition) is 5. The van der Waals surface area contributed by atoms with Gasteiger partial charge in [0.2, 0.25) is 0 Å². The van der Waals surface area contributed by atoms with Crippen molar-refractivity contribution >= 4 is 27.5 Å². The summed E-state index contributed by atoms with van der Waals surface area (Å²) in [6, 6.07) is 10.7. The van der Waals surface area contributed by atoms with Crippen molar-refractivity contribution in [3.63, 3.8) is 0 Å². The number of thiazole rings is 1.